The van der Waals surface area contributed by atoms with E-state index in [-0.39, 0.29) is 13.2 Å². The molecule has 0 aromatic rings. The predicted octanol–water partition coefficient (Wildman–Crippen LogP) is -3.07. The molecule has 0 spiro atoms. The second kappa shape index (κ2) is 5.55. The van der Waals surface area contributed by atoms with Gasteiger partial charge in [0.1, 0.15) is 18.3 Å². The molecule has 1 aliphatic rings. The van der Waals surface area contributed by atoms with Crippen molar-refractivity contribution in [3.63, 3.8) is 0 Å². The van der Waals surface area contributed by atoms with Crippen LogP contribution in [0.2, 0.25) is 0 Å². The number of aliphatic hydroxyl groups is 3. The van der Waals surface area contributed by atoms with E-state index < -0.39 is 36.3 Å². The molecule has 16 heavy (non-hydrogen) atoms. The van der Waals surface area contributed by atoms with Crippen molar-refractivity contribution in [3.05, 3.63) is 0 Å². The smallest absolute Gasteiger partial charge is 0.237 e. The highest BCUT2D eigenvalue weighted by molar-refractivity contribution is 5.81. The Bertz CT molecular complexity index is 248. The zero-order valence-electron chi connectivity index (χ0n) is 9.04. The zero-order chi connectivity index (χ0) is 12.3. The maximum atomic E-state index is 11.3. The molecule has 0 bridgehead atoms. The molecule has 1 rings (SSSR count). The number of rotatable bonds is 3. The van der Waals surface area contributed by atoms with E-state index >= 15 is 0 Å². The van der Waals surface area contributed by atoms with E-state index in [2.05, 4.69) is 5.32 Å². The Labute approximate surface area is 93.2 Å². The van der Waals surface area contributed by atoms with Gasteiger partial charge >= 0.3 is 0 Å². The van der Waals surface area contributed by atoms with Gasteiger partial charge in [-0.1, -0.05) is 0 Å². The number of hydrogen-bond donors (Lipinski definition) is 5. The van der Waals surface area contributed by atoms with Crippen LogP contribution >= 0.6 is 0 Å². The first kappa shape index (κ1) is 13.3. The van der Waals surface area contributed by atoms with Crippen molar-refractivity contribution >= 4 is 5.91 Å². The zero-order valence-corrected chi connectivity index (χ0v) is 9.04. The van der Waals surface area contributed by atoms with Crippen molar-refractivity contribution in [2.24, 2.45) is 5.73 Å². The van der Waals surface area contributed by atoms with Gasteiger partial charge in [0.25, 0.3) is 0 Å². The lowest BCUT2D eigenvalue weighted by Gasteiger charge is -2.37. The number of hydrogen-bond acceptors (Lipinski definition) is 6. The maximum Gasteiger partial charge on any atom is 0.237 e. The Morgan fingerprint density at radius 1 is 1.56 bits per heavy atom. The van der Waals surface area contributed by atoms with Crippen LogP contribution in [0.4, 0.5) is 0 Å². The summed E-state index contributed by atoms with van der Waals surface area (Å²) in [5.41, 5.74) is 5.35. The topological polar surface area (TPSA) is 125 Å². The minimum atomic E-state index is -1.22. The van der Waals surface area contributed by atoms with Crippen LogP contribution < -0.4 is 11.1 Å². The van der Waals surface area contributed by atoms with E-state index in [1.165, 1.54) is 6.92 Å². The quantitative estimate of drug-likeness (QED) is 0.353. The van der Waals surface area contributed by atoms with Crippen molar-refractivity contribution in [1.82, 2.24) is 5.32 Å². The summed E-state index contributed by atoms with van der Waals surface area (Å²) < 4.78 is 5.09. The fourth-order valence-corrected chi connectivity index (χ4v) is 1.48. The minimum absolute atomic E-state index is 0.0297. The van der Waals surface area contributed by atoms with Crippen LogP contribution in [0, 0.1) is 0 Å². The molecule has 0 radical (unpaired) electrons. The minimum Gasteiger partial charge on any atom is -0.394 e. The van der Waals surface area contributed by atoms with E-state index in [9.17, 15) is 15.0 Å². The lowest BCUT2D eigenvalue weighted by atomic mass is 9.98. The normalized spacial score (nSPS) is 36.8. The molecule has 1 heterocycles. The fraction of sp³-hybridized carbons (Fsp3) is 0.889. The number of carbonyl (C=O) groups excluding carboxylic acids is 1. The van der Waals surface area contributed by atoms with Crippen molar-refractivity contribution in [3.8, 4) is 0 Å². The van der Waals surface area contributed by atoms with E-state index in [0.717, 1.165) is 0 Å². The fourth-order valence-electron chi connectivity index (χ4n) is 1.48. The number of nitrogens with one attached hydrogen (secondary N) is 1. The molecule has 7 heteroatoms. The summed E-state index contributed by atoms with van der Waals surface area (Å²) in [6.45, 7) is 1.16. The van der Waals surface area contributed by atoms with E-state index in [1.807, 2.05) is 0 Å². The molecular formula is C9H18N2O5. The molecular weight excluding hydrogens is 216 g/mol. The predicted molar refractivity (Wildman–Crippen MR) is 54.4 cm³/mol. The largest absolute Gasteiger partial charge is 0.394 e. The van der Waals surface area contributed by atoms with Gasteiger partial charge in [0, 0.05) is 0 Å². The second-order valence-electron chi connectivity index (χ2n) is 3.94. The van der Waals surface area contributed by atoms with Crippen LogP contribution in [-0.4, -0.2) is 64.8 Å². The SMILES string of the molecule is CC(N)C(=O)N[C@H]1CO[C@H](CO)[C@@H](O)[C@@H]1O. The van der Waals surface area contributed by atoms with Gasteiger partial charge < -0.3 is 31.1 Å². The van der Waals surface area contributed by atoms with Gasteiger partial charge in [-0.2, -0.15) is 0 Å². The van der Waals surface area contributed by atoms with Crippen LogP contribution in [-0.2, 0) is 9.53 Å². The van der Waals surface area contributed by atoms with Gasteiger partial charge in [0.05, 0.1) is 25.3 Å². The van der Waals surface area contributed by atoms with Crippen LogP contribution in [0.15, 0.2) is 0 Å². The lowest BCUT2D eigenvalue weighted by molar-refractivity contribution is -0.164. The van der Waals surface area contributed by atoms with Gasteiger partial charge in [0.15, 0.2) is 0 Å². The van der Waals surface area contributed by atoms with Gasteiger partial charge in [-0.05, 0) is 6.92 Å². The third-order valence-electron chi connectivity index (χ3n) is 2.55. The molecule has 0 aliphatic carbocycles. The Morgan fingerprint density at radius 3 is 2.69 bits per heavy atom. The molecule has 1 amide bonds. The molecule has 1 saturated heterocycles. The third-order valence-corrected chi connectivity index (χ3v) is 2.55. The summed E-state index contributed by atoms with van der Waals surface area (Å²) in [5, 5.41) is 30.5. The first-order valence-electron chi connectivity index (χ1n) is 5.12. The van der Waals surface area contributed by atoms with Gasteiger partial charge in [0.2, 0.25) is 5.91 Å². The average molecular weight is 234 g/mol. The summed E-state index contributed by atoms with van der Waals surface area (Å²) in [6, 6.07) is -1.41. The molecule has 7 nitrogen and oxygen atoms in total. The first-order chi connectivity index (χ1) is 7.47. The summed E-state index contributed by atoms with van der Waals surface area (Å²) in [4.78, 5) is 11.3. The molecule has 1 fully saturated rings. The second-order valence-corrected chi connectivity index (χ2v) is 3.94. The maximum absolute atomic E-state index is 11.3. The van der Waals surface area contributed by atoms with Crippen LogP contribution in [0.3, 0.4) is 0 Å². The Balaban J connectivity index is 2.54. The van der Waals surface area contributed by atoms with E-state index in [4.69, 9.17) is 15.6 Å². The van der Waals surface area contributed by atoms with E-state index in [1.54, 1.807) is 0 Å². The molecule has 94 valence electrons. The Hall–Kier alpha value is -0.730. The standard InChI is InChI=1S/C9H18N2O5/c1-4(10)9(15)11-5-3-16-6(2-12)8(14)7(5)13/h4-8,12-14H,2-3,10H2,1H3,(H,11,15)/t4?,5-,6+,7+,8+/m0/s1. The monoisotopic (exact) mass is 234 g/mol. The van der Waals surface area contributed by atoms with Crippen LogP contribution in [0.1, 0.15) is 6.92 Å². The summed E-state index contributed by atoms with van der Waals surface area (Å²) >= 11 is 0. The van der Waals surface area contributed by atoms with Crippen LogP contribution in [0.25, 0.3) is 0 Å². The number of carbonyl (C=O) groups is 1. The number of ether oxygens (including phenoxy) is 1. The summed E-state index contributed by atoms with van der Waals surface area (Å²) in [6.07, 6.45) is -3.22. The summed E-state index contributed by atoms with van der Waals surface area (Å²) in [5.74, 6) is -0.428. The number of nitrogens with two attached hydrogens (primary N) is 1. The van der Waals surface area contributed by atoms with Crippen molar-refractivity contribution in [2.75, 3.05) is 13.2 Å². The number of aliphatic hydroxyl groups excluding tert-OH is 3. The molecule has 1 aliphatic heterocycles. The van der Waals surface area contributed by atoms with Crippen LogP contribution in [0.5, 0.6) is 0 Å². The highest BCUT2D eigenvalue weighted by Crippen LogP contribution is 2.15. The van der Waals surface area contributed by atoms with Gasteiger partial charge in [-0.15, -0.1) is 0 Å². The molecule has 0 aromatic carbocycles. The van der Waals surface area contributed by atoms with Gasteiger partial charge in [-0.25, -0.2) is 0 Å². The molecule has 6 N–H and O–H groups in total. The Morgan fingerprint density at radius 2 is 2.19 bits per heavy atom. The first-order valence-corrected chi connectivity index (χ1v) is 5.12. The molecule has 1 unspecified atom stereocenters. The lowest BCUT2D eigenvalue weighted by Crippen LogP contribution is -2.61. The number of amides is 1. The van der Waals surface area contributed by atoms with Crippen molar-refractivity contribution in [1.29, 1.82) is 0 Å². The van der Waals surface area contributed by atoms with Crippen molar-refractivity contribution < 1.29 is 24.9 Å². The average Bonchev–Trinajstić information content (AvgIpc) is 2.25. The summed E-state index contributed by atoms with van der Waals surface area (Å²) in [7, 11) is 0. The third kappa shape index (κ3) is 2.89. The molecule has 0 aromatic heterocycles. The highest BCUT2D eigenvalue weighted by Gasteiger charge is 2.38. The Kier molecular flexibility index (Phi) is 4.63. The molecule has 0 saturated carbocycles. The van der Waals surface area contributed by atoms with E-state index in [0.29, 0.717) is 0 Å². The van der Waals surface area contributed by atoms with Crippen molar-refractivity contribution in [2.45, 2.75) is 37.3 Å². The molecule has 5 atom stereocenters. The van der Waals surface area contributed by atoms with Gasteiger partial charge in [-0.3, -0.25) is 4.79 Å². The highest BCUT2D eigenvalue weighted by atomic mass is 16.5.